The van der Waals surface area contributed by atoms with Gasteiger partial charge in [0.1, 0.15) is 5.75 Å². The number of aromatic hydroxyl groups is 1. The summed E-state index contributed by atoms with van der Waals surface area (Å²) in [5.41, 5.74) is -0.0199. The number of nitrogens with one attached hydrogen (secondary N) is 1. The molecule has 1 aromatic heterocycles. The molecule has 126 valence electrons. The summed E-state index contributed by atoms with van der Waals surface area (Å²) in [6, 6.07) is 7.82. The molecule has 1 aliphatic carbocycles. The third-order valence-electron chi connectivity index (χ3n) is 4.41. The van der Waals surface area contributed by atoms with Gasteiger partial charge >= 0.3 is 0 Å². The summed E-state index contributed by atoms with van der Waals surface area (Å²) in [5.74, 6) is -0.302. The minimum atomic E-state index is -0.764. The SMILES string of the molecule is CNC(=O)c1nn(CC2(c3ccc(OC)cc3)CC2)cc(O)c1=O. The van der Waals surface area contributed by atoms with Crippen molar-refractivity contribution in [3.05, 3.63) is 51.9 Å². The van der Waals surface area contributed by atoms with Crippen molar-refractivity contribution >= 4 is 5.91 Å². The van der Waals surface area contributed by atoms with E-state index in [9.17, 15) is 14.7 Å². The lowest BCUT2D eigenvalue weighted by Crippen LogP contribution is -2.30. The molecule has 2 aromatic rings. The molecule has 1 heterocycles. The predicted molar refractivity (Wildman–Crippen MR) is 87.5 cm³/mol. The summed E-state index contributed by atoms with van der Waals surface area (Å²) in [4.78, 5) is 23.6. The molecule has 1 saturated carbocycles. The monoisotopic (exact) mass is 329 g/mol. The summed E-state index contributed by atoms with van der Waals surface area (Å²) < 4.78 is 6.64. The maximum Gasteiger partial charge on any atom is 0.275 e. The molecule has 2 N–H and O–H groups in total. The maximum atomic E-state index is 11.8. The average Bonchev–Trinajstić information content (AvgIpc) is 3.38. The van der Waals surface area contributed by atoms with Crippen molar-refractivity contribution in [1.82, 2.24) is 15.1 Å². The van der Waals surface area contributed by atoms with Crippen molar-refractivity contribution in [3.63, 3.8) is 0 Å². The Hall–Kier alpha value is -2.83. The number of aromatic nitrogens is 2. The Morgan fingerprint density at radius 3 is 2.58 bits per heavy atom. The van der Waals surface area contributed by atoms with Crippen LogP contribution in [-0.2, 0) is 12.0 Å². The average molecular weight is 329 g/mol. The molecule has 0 unspecified atom stereocenters. The van der Waals surface area contributed by atoms with Crippen LogP contribution in [0.25, 0.3) is 0 Å². The highest BCUT2D eigenvalue weighted by Gasteiger charge is 2.44. The van der Waals surface area contributed by atoms with Gasteiger partial charge in [-0.1, -0.05) is 12.1 Å². The molecule has 0 atom stereocenters. The highest BCUT2D eigenvalue weighted by atomic mass is 16.5. The molecule has 0 aliphatic heterocycles. The summed E-state index contributed by atoms with van der Waals surface area (Å²) in [6.45, 7) is 0.483. The first kappa shape index (κ1) is 16.0. The molecule has 1 aliphatic rings. The molecule has 24 heavy (non-hydrogen) atoms. The van der Waals surface area contributed by atoms with Crippen LogP contribution in [0.15, 0.2) is 35.3 Å². The van der Waals surface area contributed by atoms with Crippen LogP contribution >= 0.6 is 0 Å². The summed E-state index contributed by atoms with van der Waals surface area (Å²) in [7, 11) is 3.03. The zero-order valence-electron chi connectivity index (χ0n) is 13.6. The molecule has 0 saturated heterocycles. The molecule has 1 aromatic carbocycles. The van der Waals surface area contributed by atoms with Gasteiger partial charge in [0.05, 0.1) is 19.9 Å². The third-order valence-corrected chi connectivity index (χ3v) is 4.41. The number of ether oxygens (including phenoxy) is 1. The van der Waals surface area contributed by atoms with Crippen LogP contribution in [0.5, 0.6) is 11.5 Å². The molecule has 0 radical (unpaired) electrons. The van der Waals surface area contributed by atoms with E-state index in [1.165, 1.54) is 17.9 Å². The molecule has 7 nitrogen and oxygen atoms in total. The first-order chi connectivity index (χ1) is 11.5. The lowest BCUT2D eigenvalue weighted by Gasteiger charge is -2.18. The Kier molecular flexibility index (Phi) is 4.01. The Balaban J connectivity index is 1.91. The van der Waals surface area contributed by atoms with Crippen LogP contribution in [0, 0.1) is 0 Å². The van der Waals surface area contributed by atoms with E-state index >= 15 is 0 Å². The standard InChI is InChI=1S/C17H19N3O4/c1-18-16(23)14-15(22)13(21)9-20(19-14)10-17(7-8-17)11-3-5-12(24-2)6-4-11/h3-6,9,21H,7-8,10H2,1-2H3,(H,18,23). The minimum Gasteiger partial charge on any atom is -0.503 e. The predicted octanol–water partition coefficient (Wildman–Crippen LogP) is 1.05. The first-order valence-electron chi connectivity index (χ1n) is 7.66. The largest absolute Gasteiger partial charge is 0.503 e. The van der Waals surface area contributed by atoms with E-state index in [1.807, 2.05) is 24.3 Å². The fourth-order valence-corrected chi connectivity index (χ4v) is 2.82. The molecular formula is C17H19N3O4. The number of nitrogens with zero attached hydrogens (tertiary/aromatic N) is 2. The molecular weight excluding hydrogens is 310 g/mol. The van der Waals surface area contributed by atoms with Crippen molar-refractivity contribution in [3.8, 4) is 11.5 Å². The summed E-state index contributed by atoms with van der Waals surface area (Å²) in [5, 5.41) is 16.3. The van der Waals surface area contributed by atoms with Gasteiger partial charge in [0.15, 0.2) is 11.4 Å². The number of rotatable bonds is 5. The first-order valence-corrected chi connectivity index (χ1v) is 7.66. The molecule has 1 amide bonds. The van der Waals surface area contributed by atoms with Crippen molar-refractivity contribution < 1.29 is 14.6 Å². The van der Waals surface area contributed by atoms with Crippen molar-refractivity contribution in [2.75, 3.05) is 14.2 Å². The van der Waals surface area contributed by atoms with Gasteiger partial charge in [-0.2, -0.15) is 5.10 Å². The van der Waals surface area contributed by atoms with Crippen molar-refractivity contribution in [2.45, 2.75) is 24.8 Å². The fraction of sp³-hybridized carbons (Fsp3) is 0.353. The molecule has 0 spiro atoms. The maximum absolute atomic E-state index is 11.8. The van der Waals surface area contributed by atoms with Gasteiger partial charge in [-0.05, 0) is 30.5 Å². The normalized spacial score (nSPS) is 14.9. The Morgan fingerprint density at radius 2 is 2.04 bits per heavy atom. The van der Waals surface area contributed by atoms with Gasteiger partial charge in [0.25, 0.3) is 11.3 Å². The molecule has 1 fully saturated rings. The van der Waals surface area contributed by atoms with E-state index in [0.29, 0.717) is 6.54 Å². The van der Waals surface area contributed by atoms with Gasteiger partial charge in [-0.3, -0.25) is 14.3 Å². The number of methoxy groups -OCH3 is 1. The highest BCUT2D eigenvalue weighted by Crippen LogP contribution is 2.49. The van der Waals surface area contributed by atoms with Crippen LogP contribution < -0.4 is 15.5 Å². The summed E-state index contributed by atoms with van der Waals surface area (Å²) >= 11 is 0. The molecule has 3 rings (SSSR count). The number of carbonyl (C=O) groups is 1. The van der Waals surface area contributed by atoms with Crippen LogP contribution in [0.2, 0.25) is 0 Å². The molecule has 7 heteroatoms. The summed E-state index contributed by atoms with van der Waals surface area (Å²) in [6.07, 6.45) is 3.23. The lowest BCUT2D eigenvalue weighted by atomic mass is 9.96. The third kappa shape index (κ3) is 2.84. The number of benzene rings is 1. The van der Waals surface area contributed by atoms with E-state index in [2.05, 4.69) is 10.4 Å². The number of hydrogen-bond donors (Lipinski definition) is 2. The number of hydrogen-bond acceptors (Lipinski definition) is 5. The van der Waals surface area contributed by atoms with E-state index in [1.54, 1.807) is 7.11 Å². The molecule has 0 bridgehead atoms. The zero-order chi connectivity index (χ0) is 17.3. The smallest absolute Gasteiger partial charge is 0.275 e. The Morgan fingerprint density at radius 1 is 1.38 bits per heavy atom. The second-order valence-electron chi connectivity index (χ2n) is 5.98. The Bertz CT molecular complexity index is 823. The van der Waals surface area contributed by atoms with Gasteiger partial charge in [0, 0.05) is 12.5 Å². The van der Waals surface area contributed by atoms with E-state index in [0.717, 1.165) is 24.2 Å². The fourth-order valence-electron chi connectivity index (χ4n) is 2.82. The Labute approximate surface area is 138 Å². The number of carbonyl (C=O) groups excluding carboxylic acids is 1. The van der Waals surface area contributed by atoms with E-state index < -0.39 is 17.1 Å². The lowest BCUT2D eigenvalue weighted by molar-refractivity contribution is 0.0953. The second kappa shape index (κ2) is 5.99. The quantitative estimate of drug-likeness (QED) is 0.855. The van der Waals surface area contributed by atoms with Gasteiger partial charge in [0.2, 0.25) is 0 Å². The van der Waals surface area contributed by atoms with E-state index in [-0.39, 0.29) is 11.1 Å². The van der Waals surface area contributed by atoms with Gasteiger partial charge in [-0.15, -0.1) is 0 Å². The second-order valence-corrected chi connectivity index (χ2v) is 5.98. The van der Waals surface area contributed by atoms with Crippen LogP contribution in [0.1, 0.15) is 28.9 Å². The topological polar surface area (TPSA) is 93.5 Å². The van der Waals surface area contributed by atoms with Gasteiger partial charge in [-0.25, -0.2) is 0 Å². The van der Waals surface area contributed by atoms with Crippen LogP contribution in [-0.4, -0.2) is 35.0 Å². The van der Waals surface area contributed by atoms with E-state index in [4.69, 9.17) is 4.74 Å². The van der Waals surface area contributed by atoms with Crippen molar-refractivity contribution in [1.29, 1.82) is 0 Å². The van der Waals surface area contributed by atoms with Crippen LogP contribution in [0.3, 0.4) is 0 Å². The van der Waals surface area contributed by atoms with Crippen molar-refractivity contribution in [2.24, 2.45) is 0 Å². The van der Waals surface area contributed by atoms with Gasteiger partial charge < -0.3 is 15.2 Å². The number of amides is 1. The highest BCUT2D eigenvalue weighted by molar-refractivity contribution is 5.92. The minimum absolute atomic E-state index is 0.0965. The van der Waals surface area contributed by atoms with Crippen LogP contribution in [0.4, 0.5) is 0 Å². The zero-order valence-corrected chi connectivity index (χ0v) is 13.6.